The van der Waals surface area contributed by atoms with Crippen molar-refractivity contribution >= 4 is 33.5 Å². The van der Waals surface area contributed by atoms with Gasteiger partial charge < -0.3 is 0 Å². The molecule has 3 aromatic carbocycles. The second kappa shape index (κ2) is 10.7. The zero-order chi connectivity index (χ0) is 23.3. The van der Waals surface area contributed by atoms with Crippen molar-refractivity contribution in [3.63, 3.8) is 0 Å². The molecule has 1 atom stereocenters. The van der Waals surface area contributed by atoms with E-state index in [0.717, 1.165) is 29.1 Å². The molecule has 3 aromatic rings. The summed E-state index contributed by atoms with van der Waals surface area (Å²) in [5.41, 5.74) is 3.33. The number of thioether (sulfide) groups is 2. The Balaban J connectivity index is 1.70. The smallest absolute Gasteiger partial charge is 0.207 e. The van der Waals surface area contributed by atoms with E-state index in [9.17, 15) is 8.42 Å². The highest BCUT2D eigenvalue weighted by Crippen LogP contribution is 2.53. The average Bonchev–Trinajstić information content (AvgIpc) is 2.84. The highest BCUT2D eigenvalue weighted by Gasteiger charge is 2.40. The van der Waals surface area contributed by atoms with Gasteiger partial charge in [0.1, 0.15) is 0 Å². The Kier molecular flexibility index (Phi) is 7.90. The number of rotatable bonds is 8. The van der Waals surface area contributed by atoms with Crippen LogP contribution in [-0.2, 0) is 20.6 Å². The molecule has 1 unspecified atom stereocenters. The van der Waals surface area contributed by atoms with Crippen molar-refractivity contribution in [3.05, 3.63) is 102 Å². The lowest BCUT2D eigenvalue weighted by molar-refractivity contribution is 0.309. The number of benzene rings is 3. The molecule has 0 saturated carbocycles. The molecule has 0 amide bonds. The van der Waals surface area contributed by atoms with E-state index in [1.807, 2.05) is 79.0 Å². The largest absolute Gasteiger partial charge is 0.243 e. The molecule has 0 radical (unpaired) electrons. The Hall–Kier alpha value is -1.73. The van der Waals surface area contributed by atoms with Crippen LogP contribution in [0.2, 0.25) is 0 Å². The third-order valence-corrected chi connectivity index (χ3v) is 11.4. The SMILES string of the molecule is Cc1ccc(S(=O)(=O)N(Cc2ccccc2)C(C)CC2(c3ccccc3)SCCCS2)cc1. The molecule has 0 N–H and O–H groups in total. The number of sulfonamides is 1. The summed E-state index contributed by atoms with van der Waals surface area (Å²) in [6, 6.07) is 27.5. The molecule has 0 aliphatic carbocycles. The molecule has 1 fully saturated rings. The lowest BCUT2D eigenvalue weighted by Gasteiger charge is -2.41. The minimum atomic E-state index is -3.66. The molecule has 1 aliphatic heterocycles. The van der Waals surface area contributed by atoms with E-state index in [0.29, 0.717) is 11.4 Å². The zero-order valence-electron chi connectivity index (χ0n) is 19.2. The molecule has 6 heteroatoms. The lowest BCUT2D eigenvalue weighted by atomic mass is 10.0. The van der Waals surface area contributed by atoms with E-state index in [-0.39, 0.29) is 10.1 Å². The van der Waals surface area contributed by atoms with E-state index >= 15 is 0 Å². The number of hydrogen-bond acceptors (Lipinski definition) is 4. The van der Waals surface area contributed by atoms with Crippen LogP contribution in [0.3, 0.4) is 0 Å². The van der Waals surface area contributed by atoms with Crippen molar-refractivity contribution in [3.8, 4) is 0 Å². The van der Waals surface area contributed by atoms with Crippen molar-refractivity contribution < 1.29 is 8.42 Å². The normalized spacial score (nSPS) is 17.1. The summed E-state index contributed by atoms with van der Waals surface area (Å²) < 4.78 is 29.3. The van der Waals surface area contributed by atoms with Gasteiger partial charge in [-0.3, -0.25) is 0 Å². The van der Waals surface area contributed by atoms with Gasteiger partial charge in [-0.25, -0.2) is 8.42 Å². The van der Waals surface area contributed by atoms with Gasteiger partial charge in [0.05, 0.1) is 8.97 Å². The van der Waals surface area contributed by atoms with Gasteiger partial charge in [-0.2, -0.15) is 4.31 Å². The van der Waals surface area contributed by atoms with E-state index in [2.05, 4.69) is 31.2 Å². The van der Waals surface area contributed by atoms with Crippen molar-refractivity contribution in [2.75, 3.05) is 11.5 Å². The van der Waals surface area contributed by atoms with Crippen LogP contribution in [-0.4, -0.2) is 30.3 Å². The molecule has 33 heavy (non-hydrogen) atoms. The quantitative estimate of drug-likeness (QED) is 0.348. The number of hydrogen-bond donors (Lipinski definition) is 0. The molecule has 0 bridgehead atoms. The Bertz CT molecular complexity index is 1130. The first-order chi connectivity index (χ1) is 15.9. The van der Waals surface area contributed by atoms with Gasteiger partial charge in [-0.15, -0.1) is 23.5 Å². The minimum absolute atomic E-state index is 0.142. The summed E-state index contributed by atoms with van der Waals surface area (Å²) in [5.74, 6) is 2.19. The molecule has 3 nitrogen and oxygen atoms in total. The van der Waals surface area contributed by atoms with Crippen LogP contribution in [0.5, 0.6) is 0 Å². The molecular weight excluding hydrogens is 467 g/mol. The first kappa shape index (κ1) is 24.4. The number of nitrogens with zero attached hydrogens (tertiary/aromatic N) is 1. The summed E-state index contributed by atoms with van der Waals surface area (Å²) in [7, 11) is -3.66. The van der Waals surface area contributed by atoms with Gasteiger partial charge >= 0.3 is 0 Å². The molecule has 1 saturated heterocycles. The van der Waals surface area contributed by atoms with Crippen LogP contribution >= 0.6 is 23.5 Å². The fourth-order valence-electron chi connectivity index (χ4n) is 4.25. The molecule has 4 rings (SSSR count). The summed E-state index contributed by atoms with van der Waals surface area (Å²) >= 11 is 3.93. The van der Waals surface area contributed by atoms with E-state index < -0.39 is 10.0 Å². The van der Waals surface area contributed by atoms with Crippen LogP contribution in [0.15, 0.2) is 89.8 Å². The molecular formula is C27H31NO2S3. The standard InChI is InChI=1S/C27H31NO2S3/c1-22-14-16-26(17-15-22)33(29,30)28(21-24-10-5-3-6-11-24)23(2)20-27(31-18-9-19-32-27)25-12-7-4-8-13-25/h3-8,10-17,23H,9,18-21H2,1-2H3. The maximum Gasteiger partial charge on any atom is 0.243 e. The van der Waals surface area contributed by atoms with Gasteiger partial charge in [0.2, 0.25) is 10.0 Å². The van der Waals surface area contributed by atoms with Gasteiger partial charge in [-0.05, 0) is 61.5 Å². The molecule has 0 spiro atoms. The topological polar surface area (TPSA) is 37.4 Å². The van der Waals surface area contributed by atoms with Crippen molar-refractivity contribution in [1.29, 1.82) is 0 Å². The van der Waals surface area contributed by atoms with Crippen LogP contribution in [0.1, 0.15) is 36.5 Å². The predicted molar refractivity (Wildman–Crippen MR) is 142 cm³/mol. The Morgan fingerprint density at radius 2 is 1.45 bits per heavy atom. The molecule has 0 aromatic heterocycles. The summed E-state index contributed by atoms with van der Waals surface area (Å²) in [6.07, 6.45) is 1.94. The third-order valence-electron chi connectivity index (χ3n) is 6.04. The van der Waals surface area contributed by atoms with Crippen LogP contribution in [0.4, 0.5) is 0 Å². The van der Waals surface area contributed by atoms with Gasteiger partial charge in [0.15, 0.2) is 0 Å². The Morgan fingerprint density at radius 3 is 2.06 bits per heavy atom. The molecule has 174 valence electrons. The minimum Gasteiger partial charge on any atom is -0.207 e. The van der Waals surface area contributed by atoms with Crippen LogP contribution < -0.4 is 0 Å². The maximum absolute atomic E-state index is 13.9. The van der Waals surface area contributed by atoms with Crippen LogP contribution in [0, 0.1) is 6.92 Å². The first-order valence-electron chi connectivity index (χ1n) is 11.4. The second-order valence-electron chi connectivity index (χ2n) is 8.57. The lowest BCUT2D eigenvalue weighted by Crippen LogP contribution is -2.41. The second-order valence-corrected chi connectivity index (χ2v) is 13.5. The first-order valence-corrected chi connectivity index (χ1v) is 14.8. The predicted octanol–water partition coefficient (Wildman–Crippen LogP) is 6.69. The molecule has 1 heterocycles. The van der Waals surface area contributed by atoms with Gasteiger partial charge in [0.25, 0.3) is 0 Å². The van der Waals surface area contributed by atoms with Gasteiger partial charge in [-0.1, -0.05) is 78.4 Å². The Morgan fingerprint density at radius 1 is 0.879 bits per heavy atom. The Labute approximate surface area is 207 Å². The monoisotopic (exact) mass is 497 g/mol. The van der Waals surface area contributed by atoms with E-state index in [1.165, 1.54) is 12.0 Å². The van der Waals surface area contributed by atoms with Crippen molar-refractivity contribution in [1.82, 2.24) is 4.31 Å². The fourth-order valence-corrected chi connectivity index (χ4v) is 9.44. The average molecular weight is 498 g/mol. The van der Waals surface area contributed by atoms with Crippen molar-refractivity contribution in [2.24, 2.45) is 0 Å². The van der Waals surface area contributed by atoms with E-state index in [4.69, 9.17) is 0 Å². The van der Waals surface area contributed by atoms with Gasteiger partial charge in [0, 0.05) is 12.6 Å². The summed E-state index contributed by atoms with van der Waals surface area (Å²) in [4.78, 5) is 0.355. The highest BCUT2D eigenvalue weighted by atomic mass is 32.2. The number of aryl methyl sites for hydroxylation is 1. The fraction of sp³-hybridized carbons (Fsp3) is 0.333. The third kappa shape index (κ3) is 5.68. The van der Waals surface area contributed by atoms with Crippen LogP contribution in [0.25, 0.3) is 0 Å². The molecule has 1 aliphatic rings. The summed E-state index contributed by atoms with van der Waals surface area (Å²) in [6.45, 7) is 4.40. The summed E-state index contributed by atoms with van der Waals surface area (Å²) in [5, 5.41) is 0. The van der Waals surface area contributed by atoms with Crippen molar-refractivity contribution in [2.45, 2.75) is 48.3 Å². The van der Waals surface area contributed by atoms with E-state index in [1.54, 1.807) is 16.4 Å². The maximum atomic E-state index is 13.9. The highest BCUT2D eigenvalue weighted by molar-refractivity contribution is 8.18. The zero-order valence-corrected chi connectivity index (χ0v) is 21.6.